The van der Waals surface area contributed by atoms with Crippen molar-refractivity contribution in [1.82, 2.24) is 0 Å². The van der Waals surface area contributed by atoms with Crippen LogP contribution in [0, 0.1) is 17.9 Å². The minimum absolute atomic E-state index is 0.0300. The monoisotopic (exact) mass is 286 g/mol. The Morgan fingerprint density at radius 2 is 2.10 bits per heavy atom. The number of hydrogen-bond acceptors (Lipinski definition) is 4. The molecule has 1 aromatic rings. The molecule has 0 amide bonds. The first-order valence-corrected chi connectivity index (χ1v) is 6.66. The second kappa shape index (κ2) is 4.34. The molecule has 0 saturated carbocycles. The Hall–Kier alpha value is -2.90. The highest BCUT2D eigenvalue weighted by molar-refractivity contribution is 7.96. The van der Waals surface area contributed by atoms with Crippen LogP contribution in [0.1, 0.15) is 15.9 Å². The highest BCUT2D eigenvalue weighted by atomic mass is 32.2. The molecule has 0 bridgehead atoms. The van der Waals surface area contributed by atoms with E-state index < -0.39 is 21.5 Å². The number of rotatable bonds is 1. The van der Waals surface area contributed by atoms with Gasteiger partial charge in [-0.05, 0) is 23.8 Å². The predicted molar refractivity (Wildman–Crippen MR) is 68.9 cm³/mol. The van der Waals surface area contributed by atoms with E-state index in [1.54, 1.807) is 6.07 Å². The van der Waals surface area contributed by atoms with Crippen molar-refractivity contribution in [2.75, 3.05) is 0 Å². The molecular weight excluding hydrogens is 280 g/mol. The molecule has 0 atom stereocenters. The molecule has 0 fully saturated rings. The maximum atomic E-state index is 12.1. The lowest BCUT2D eigenvalue weighted by Gasteiger charge is -2.01. The highest BCUT2D eigenvalue weighted by Gasteiger charge is 2.37. The van der Waals surface area contributed by atoms with E-state index in [2.05, 4.69) is 11.4 Å². The third-order valence-electron chi connectivity index (χ3n) is 2.84. The molecule has 1 N–H and O–H groups in total. The van der Waals surface area contributed by atoms with Gasteiger partial charge in [0.2, 0.25) is 9.84 Å². The third kappa shape index (κ3) is 1.69. The van der Waals surface area contributed by atoms with Crippen molar-refractivity contribution >= 4 is 21.4 Å². The molecule has 1 aliphatic rings. The molecule has 0 aliphatic carbocycles. The van der Waals surface area contributed by atoms with E-state index in [1.807, 2.05) is 0 Å². The van der Waals surface area contributed by atoms with Crippen LogP contribution in [-0.4, -0.2) is 19.5 Å². The molecule has 1 aromatic carbocycles. The topological polar surface area (TPSA) is 99.6 Å². The third-order valence-corrected chi connectivity index (χ3v) is 4.63. The summed E-state index contributed by atoms with van der Waals surface area (Å²) in [6.45, 7) is 10.3. The Balaban J connectivity index is 2.95. The highest BCUT2D eigenvalue weighted by Crippen LogP contribution is 2.44. The molecule has 7 heteroatoms. The molecule has 98 valence electrons. The Morgan fingerprint density at radius 1 is 1.45 bits per heavy atom. The summed E-state index contributed by atoms with van der Waals surface area (Å²) in [5.41, 5.74) is -0.656. The van der Waals surface area contributed by atoms with Gasteiger partial charge in [-0.25, -0.2) is 23.3 Å². The van der Waals surface area contributed by atoms with Gasteiger partial charge in [-0.15, -0.1) is 0 Å². The van der Waals surface area contributed by atoms with Crippen LogP contribution in [0.25, 0.3) is 10.4 Å². The Bertz CT molecular complexity index is 864. The van der Waals surface area contributed by atoms with Crippen LogP contribution in [0.3, 0.4) is 0 Å². The number of nitrogens with zero attached hydrogens (tertiary/aromatic N) is 2. The molecule has 1 heterocycles. The standard InChI is InChI=1S/C13H6N2O4S/c1-7-12(10(6-14)15-2)9-5-8(13(16)17)3-4-11(9)20(7,18)19/h3-5H,1H2,(H,16,17). The van der Waals surface area contributed by atoms with Gasteiger partial charge in [-0.1, -0.05) is 6.58 Å². The van der Waals surface area contributed by atoms with Crippen molar-refractivity contribution < 1.29 is 18.3 Å². The number of benzene rings is 1. The molecule has 0 aromatic heterocycles. The van der Waals surface area contributed by atoms with Crippen molar-refractivity contribution in [3.05, 3.63) is 57.9 Å². The minimum Gasteiger partial charge on any atom is -0.478 e. The van der Waals surface area contributed by atoms with E-state index in [9.17, 15) is 13.2 Å². The SMILES string of the molecule is [C-]#[N+]C(C#N)=C1C(=C)S(=O)(=O)c2ccc(C(=O)O)cc21. The molecule has 1 aliphatic heterocycles. The van der Waals surface area contributed by atoms with Gasteiger partial charge in [0.15, 0.2) is 0 Å². The normalized spacial score (nSPS) is 17.8. The zero-order chi connectivity index (χ0) is 15.1. The fraction of sp³-hybridized carbons (Fsp3) is 0. The van der Waals surface area contributed by atoms with Crippen LogP contribution in [-0.2, 0) is 9.84 Å². The first-order valence-electron chi connectivity index (χ1n) is 5.18. The average molecular weight is 286 g/mol. The fourth-order valence-electron chi connectivity index (χ4n) is 1.91. The predicted octanol–water partition coefficient (Wildman–Crippen LogP) is 1.84. The van der Waals surface area contributed by atoms with Gasteiger partial charge in [0.05, 0.1) is 28.0 Å². The smallest absolute Gasteiger partial charge is 0.335 e. The first kappa shape index (κ1) is 13.5. The van der Waals surface area contributed by atoms with Crippen LogP contribution in [0.4, 0.5) is 0 Å². The summed E-state index contributed by atoms with van der Waals surface area (Å²) in [5.74, 6) is -1.23. The van der Waals surface area contributed by atoms with E-state index in [4.69, 9.17) is 16.9 Å². The number of nitriles is 1. The van der Waals surface area contributed by atoms with E-state index in [-0.39, 0.29) is 26.5 Å². The maximum absolute atomic E-state index is 12.1. The number of allylic oxidation sites excluding steroid dienone is 2. The first-order chi connectivity index (χ1) is 9.34. The molecule has 0 radical (unpaired) electrons. The second-order valence-corrected chi connectivity index (χ2v) is 5.83. The Labute approximate surface area is 114 Å². The van der Waals surface area contributed by atoms with E-state index in [1.165, 1.54) is 0 Å². The van der Waals surface area contributed by atoms with Gasteiger partial charge >= 0.3 is 5.97 Å². The molecule has 0 saturated heterocycles. The molecule has 20 heavy (non-hydrogen) atoms. The lowest BCUT2D eigenvalue weighted by molar-refractivity contribution is 0.0696. The van der Waals surface area contributed by atoms with Crippen molar-refractivity contribution in [2.24, 2.45) is 0 Å². The van der Waals surface area contributed by atoms with Crippen LogP contribution < -0.4 is 0 Å². The van der Waals surface area contributed by atoms with Crippen LogP contribution >= 0.6 is 0 Å². The Kier molecular flexibility index (Phi) is 2.93. The molecule has 6 nitrogen and oxygen atoms in total. The molecule has 0 unspecified atom stereocenters. The summed E-state index contributed by atoms with van der Waals surface area (Å²) in [6, 6.07) is 5.03. The van der Waals surface area contributed by atoms with Gasteiger partial charge < -0.3 is 5.11 Å². The Morgan fingerprint density at radius 3 is 2.60 bits per heavy atom. The van der Waals surface area contributed by atoms with Crippen LogP contribution in [0.15, 0.2) is 40.3 Å². The van der Waals surface area contributed by atoms with E-state index in [0.717, 1.165) is 18.2 Å². The van der Waals surface area contributed by atoms with Gasteiger partial charge in [-0.3, -0.25) is 0 Å². The van der Waals surface area contributed by atoms with E-state index in [0.29, 0.717) is 0 Å². The number of carboxylic acids is 1. The molecule has 0 spiro atoms. The number of carboxylic acid groups (broad SMARTS) is 1. The van der Waals surface area contributed by atoms with Gasteiger partial charge in [0.25, 0.3) is 5.70 Å². The van der Waals surface area contributed by atoms with Crippen molar-refractivity contribution in [1.29, 1.82) is 5.26 Å². The second-order valence-electron chi connectivity index (χ2n) is 3.89. The lowest BCUT2D eigenvalue weighted by atomic mass is 10.0. The molecule has 2 rings (SSSR count). The average Bonchev–Trinajstić information content (AvgIpc) is 2.61. The summed E-state index contributed by atoms with van der Waals surface area (Å²) in [6.07, 6.45) is 0. The number of aromatic carboxylic acids is 1. The summed E-state index contributed by atoms with van der Waals surface area (Å²) in [7, 11) is -3.88. The summed E-state index contributed by atoms with van der Waals surface area (Å²) in [4.78, 5) is 13.4. The zero-order valence-electron chi connectivity index (χ0n) is 9.91. The van der Waals surface area contributed by atoms with Gasteiger partial charge in [0, 0.05) is 5.57 Å². The number of fused-ring (bicyclic) bond motifs is 1. The summed E-state index contributed by atoms with van der Waals surface area (Å²) < 4.78 is 24.2. The van der Waals surface area contributed by atoms with Crippen molar-refractivity contribution in [3.63, 3.8) is 0 Å². The van der Waals surface area contributed by atoms with Crippen molar-refractivity contribution in [3.8, 4) is 6.07 Å². The van der Waals surface area contributed by atoms with Crippen LogP contribution in [0.5, 0.6) is 0 Å². The fourth-order valence-corrected chi connectivity index (χ4v) is 3.34. The zero-order valence-corrected chi connectivity index (χ0v) is 10.7. The van der Waals surface area contributed by atoms with E-state index >= 15 is 0 Å². The quantitative estimate of drug-likeness (QED) is 0.627. The minimum atomic E-state index is -3.88. The van der Waals surface area contributed by atoms with Crippen LogP contribution in [0.2, 0.25) is 0 Å². The molecular formula is C13H6N2O4S. The van der Waals surface area contributed by atoms with Crippen molar-refractivity contribution in [2.45, 2.75) is 4.90 Å². The summed E-state index contributed by atoms with van der Waals surface area (Å²) in [5, 5.41) is 17.8. The van der Waals surface area contributed by atoms with Gasteiger partial charge in [-0.2, -0.15) is 0 Å². The van der Waals surface area contributed by atoms with Gasteiger partial charge in [0.1, 0.15) is 0 Å². The maximum Gasteiger partial charge on any atom is 0.335 e. The lowest BCUT2D eigenvalue weighted by Crippen LogP contribution is -1.99. The number of sulfone groups is 1. The summed E-state index contributed by atoms with van der Waals surface area (Å²) >= 11 is 0. The number of carbonyl (C=O) groups is 1. The number of hydrogen-bond donors (Lipinski definition) is 1. The largest absolute Gasteiger partial charge is 0.478 e.